The summed E-state index contributed by atoms with van der Waals surface area (Å²) in [6, 6.07) is 9.92. The summed E-state index contributed by atoms with van der Waals surface area (Å²) in [6.07, 6.45) is -1.22. The minimum absolute atomic E-state index is 0.00705. The third kappa shape index (κ3) is 4.42. The lowest BCUT2D eigenvalue weighted by molar-refractivity contribution is -0.137. The molecule has 0 N–H and O–H groups in total. The van der Waals surface area contributed by atoms with Crippen LogP contribution in [0.2, 0.25) is 0 Å². The molecule has 1 aromatic carbocycles. The first kappa shape index (κ1) is 20.6. The van der Waals surface area contributed by atoms with Gasteiger partial charge in [0.05, 0.1) is 23.0 Å². The number of nitrogens with zero attached hydrogens (tertiary/aromatic N) is 5. The normalized spacial score (nSPS) is 11.6. The van der Waals surface area contributed by atoms with E-state index in [9.17, 15) is 13.2 Å². The van der Waals surface area contributed by atoms with Crippen LogP contribution in [0.25, 0.3) is 22.9 Å². The Balaban J connectivity index is 1.52. The molecular weight excluding hydrogens is 411 g/mol. The number of halogens is 3. The summed E-state index contributed by atoms with van der Waals surface area (Å²) in [5.74, 6) is 0.696. The van der Waals surface area contributed by atoms with Crippen molar-refractivity contribution in [3.05, 3.63) is 65.6 Å². The first-order chi connectivity index (χ1) is 14.8. The lowest BCUT2D eigenvalue weighted by atomic mass is 10.1. The fraction of sp³-hybridized carbons (Fsp3) is 0.238. The number of rotatable bonds is 6. The Labute approximate surface area is 175 Å². The summed E-state index contributed by atoms with van der Waals surface area (Å²) in [5.41, 5.74) is 2.33. The predicted molar refractivity (Wildman–Crippen MR) is 105 cm³/mol. The molecule has 0 aliphatic carbocycles. The molecule has 0 fully saturated rings. The predicted octanol–water partition coefficient (Wildman–Crippen LogP) is 4.69. The molecule has 4 aromatic rings. The average molecular weight is 429 g/mol. The topological polar surface area (TPSA) is 78.9 Å². The van der Waals surface area contributed by atoms with Crippen LogP contribution in [0.5, 0.6) is 5.88 Å². The summed E-state index contributed by atoms with van der Waals surface area (Å²) in [7, 11) is 1.71. The molecule has 7 nitrogen and oxygen atoms in total. The summed E-state index contributed by atoms with van der Waals surface area (Å²) in [5, 5.41) is 12.4. The Hall–Kier alpha value is -3.69. The Bertz CT molecular complexity index is 1170. The zero-order valence-electron chi connectivity index (χ0n) is 16.7. The first-order valence-electron chi connectivity index (χ1n) is 9.45. The van der Waals surface area contributed by atoms with Crippen LogP contribution in [0.3, 0.4) is 0 Å². The molecule has 0 aliphatic rings. The maximum Gasteiger partial charge on any atom is 0.417 e. The highest BCUT2D eigenvalue weighted by molar-refractivity contribution is 5.59. The molecule has 0 unspecified atom stereocenters. The SMILES string of the molecule is CCc1ccc(-c2nnc(-c3cnn(C)c3COc3ccc(C(F)(F)F)cn3)o2)cc1. The van der Waals surface area contributed by atoms with E-state index in [1.165, 1.54) is 11.6 Å². The number of aromatic nitrogens is 5. The van der Waals surface area contributed by atoms with E-state index in [2.05, 4.69) is 27.2 Å². The van der Waals surface area contributed by atoms with Gasteiger partial charge in [0.2, 0.25) is 11.8 Å². The van der Waals surface area contributed by atoms with Crippen LogP contribution in [0.1, 0.15) is 23.7 Å². The summed E-state index contributed by atoms with van der Waals surface area (Å²) >= 11 is 0. The summed E-state index contributed by atoms with van der Waals surface area (Å²) in [4.78, 5) is 3.71. The third-order valence-corrected chi connectivity index (χ3v) is 4.75. The molecule has 10 heteroatoms. The van der Waals surface area contributed by atoms with E-state index in [1.807, 2.05) is 24.3 Å². The Morgan fingerprint density at radius 2 is 1.74 bits per heavy atom. The van der Waals surface area contributed by atoms with Gasteiger partial charge in [0.25, 0.3) is 5.89 Å². The zero-order chi connectivity index (χ0) is 22.0. The molecule has 0 aliphatic heterocycles. The van der Waals surface area contributed by atoms with Gasteiger partial charge in [-0.05, 0) is 30.2 Å². The Morgan fingerprint density at radius 3 is 2.39 bits per heavy atom. The molecule has 3 heterocycles. The van der Waals surface area contributed by atoms with Crippen molar-refractivity contribution >= 4 is 0 Å². The van der Waals surface area contributed by atoms with E-state index in [0.717, 1.165) is 24.2 Å². The summed E-state index contributed by atoms with van der Waals surface area (Å²) in [6.45, 7) is 2.08. The quantitative estimate of drug-likeness (QED) is 0.442. The van der Waals surface area contributed by atoms with Crippen molar-refractivity contribution in [3.63, 3.8) is 0 Å². The lowest BCUT2D eigenvalue weighted by Gasteiger charge is -2.09. The van der Waals surface area contributed by atoms with Crippen molar-refractivity contribution in [1.82, 2.24) is 25.0 Å². The average Bonchev–Trinajstić information content (AvgIpc) is 3.39. The van der Waals surface area contributed by atoms with Crippen molar-refractivity contribution in [1.29, 1.82) is 0 Å². The fourth-order valence-electron chi connectivity index (χ4n) is 2.92. The monoisotopic (exact) mass is 429 g/mol. The van der Waals surface area contributed by atoms with Crippen molar-refractivity contribution < 1.29 is 22.3 Å². The van der Waals surface area contributed by atoms with Gasteiger partial charge in [-0.15, -0.1) is 10.2 Å². The second kappa shape index (κ2) is 8.21. The van der Waals surface area contributed by atoms with E-state index >= 15 is 0 Å². The van der Waals surface area contributed by atoms with E-state index in [1.54, 1.807) is 17.9 Å². The first-order valence-corrected chi connectivity index (χ1v) is 9.45. The van der Waals surface area contributed by atoms with Gasteiger partial charge in [-0.1, -0.05) is 19.1 Å². The molecular formula is C21H18F3N5O2. The molecule has 4 rings (SSSR count). The number of aryl methyl sites for hydroxylation is 2. The molecule has 3 aromatic heterocycles. The van der Waals surface area contributed by atoms with Crippen LogP contribution in [-0.2, 0) is 26.3 Å². The van der Waals surface area contributed by atoms with Crippen molar-refractivity contribution in [2.45, 2.75) is 26.1 Å². The van der Waals surface area contributed by atoms with Gasteiger partial charge in [-0.3, -0.25) is 4.68 Å². The van der Waals surface area contributed by atoms with E-state index in [-0.39, 0.29) is 18.4 Å². The smallest absolute Gasteiger partial charge is 0.417 e. The van der Waals surface area contributed by atoms with E-state index < -0.39 is 11.7 Å². The highest BCUT2D eigenvalue weighted by Crippen LogP contribution is 2.30. The van der Waals surface area contributed by atoms with Gasteiger partial charge in [-0.2, -0.15) is 18.3 Å². The standard InChI is InChI=1S/C21H18F3N5O2/c1-3-13-4-6-14(7-5-13)19-27-28-20(31-19)16-11-26-29(2)17(16)12-30-18-9-8-15(10-25-18)21(22,23)24/h4-11H,3,12H2,1-2H3. The molecule has 160 valence electrons. The maximum atomic E-state index is 12.7. The van der Waals surface area contributed by atoms with Crippen molar-refractivity contribution in [2.24, 2.45) is 7.05 Å². The number of hydrogen-bond donors (Lipinski definition) is 0. The molecule has 0 amide bonds. The second-order valence-corrected chi connectivity index (χ2v) is 6.76. The minimum atomic E-state index is -4.45. The Morgan fingerprint density at radius 1 is 1.00 bits per heavy atom. The highest BCUT2D eigenvalue weighted by Gasteiger charge is 2.30. The maximum absolute atomic E-state index is 12.7. The molecule has 0 saturated carbocycles. The minimum Gasteiger partial charge on any atom is -0.471 e. The van der Waals surface area contributed by atoms with Crippen LogP contribution >= 0.6 is 0 Å². The Kier molecular flexibility index (Phi) is 5.45. The van der Waals surface area contributed by atoms with Gasteiger partial charge >= 0.3 is 6.18 Å². The second-order valence-electron chi connectivity index (χ2n) is 6.76. The largest absolute Gasteiger partial charge is 0.471 e. The molecule has 0 bridgehead atoms. The van der Waals surface area contributed by atoms with Crippen molar-refractivity contribution in [2.75, 3.05) is 0 Å². The lowest BCUT2D eigenvalue weighted by Crippen LogP contribution is -2.07. The number of alkyl halides is 3. The van der Waals surface area contributed by atoms with Crippen LogP contribution < -0.4 is 4.74 Å². The molecule has 0 spiro atoms. The molecule has 0 saturated heterocycles. The van der Waals surface area contributed by atoms with Gasteiger partial charge < -0.3 is 9.15 Å². The van der Waals surface area contributed by atoms with Crippen LogP contribution in [-0.4, -0.2) is 25.0 Å². The molecule has 0 atom stereocenters. The molecule has 0 radical (unpaired) electrons. The van der Waals surface area contributed by atoms with Crippen LogP contribution in [0.15, 0.2) is 53.2 Å². The zero-order valence-corrected chi connectivity index (χ0v) is 16.7. The number of hydrogen-bond acceptors (Lipinski definition) is 6. The summed E-state index contributed by atoms with van der Waals surface area (Å²) < 4.78 is 50.9. The van der Waals surface area contributed by atoms with Gasteiger partial charge in [-0.25, -0.2) is 4.98 Å². The van der Waals surface area contributed by atoms with E-state index in [4.69, 9.17) is 9.15 Å². The highest BCUT2D eigenvalue weighted by atomic mass is 19.4. The van der Waals surface area contributed by atoms with E-state index in [0.29, 0.717) is 17.1 Å². The van der Waals surface area contributed by atoms with Gasteiger partial charge in [0.15, 0.2) is 0 Å². The third-order valence-electron chi connectivity index (χ3n) is 4.75. The van der Waals surface area contributed by atoms with Gasteiger partial charge in [0.1, 0.15) is 6.61 Å². The van der Waals surface area contributed by atoms with Crippen LogP contribution in [0.4, 0.5) is 13.2 Å². The number of benzene rings is 1. The van der Waals surface area contributed by atoms with Crippen molar-refractivity contribution in [3.8, 4) is 28.8 Å². The van der Waals surface area contributed by atoms with Gasteiger partial charge in [0, 0.05) is 24.9 Å². The fourth-order valence-corrected chi connectivity index (χ4v) is 2.92. The number of pyridine rings is 1. The molecule has 31 heavy (non-hydrogen) atoms. The van der Waals surface area contributed by atoms with Crippen LogP contribution in [0, 0.1) is 0 Å². The number of ether oxygens (including phenoxy) is 1.